The van der Waals surface area contributed by atoms with E-state index in [4.69, 9.17) is 4.74 Å². The van der Waals surface area contributed by atoms with E-state index in [-0.39, 0.29) is 6.54 Å². The molecule has 0 saturated carbocycles. The largest absolute Gasteiger partial charge is 0.451 e. The molecule has 0 radical (unpaired) electrons. The van der Waals surface area contributed by atoms with Crippen LogP contribution in [0.2, 0.25) is 0 Å². The van der Waals surface area contributed by atoms with Crippen molar-refractivity contribution < 1.29 is 23.9 Å². The minimum Gasteiger partial charge on any atom is -0.451 e. The van der Waals surface area contributed by atoms with E-state index < -0.39 is 35.5 Å². The van der Waals surface area contributed by atoms with E-state index in [1.54, 1.807) is 52.0 Å². The number of ether oxygens (including phenoxy) is 1. The van der Waals surface area contributed by atoms with Crippen molar-refractivity contribution >= 4 is 23.8 Å². The fraction of sp³-hybridized carbons (Fsp3) is 0.444. The molecule has 1 aromatic rings. The maximum absolute atomic E-state index is 12.0. The molecule has 8 nitrogen and oxygen atoms in total. The van der Waals surface area contributed by atoms with Crippen molar-refractivity contribution in [3.63, 3.8) is 0 Å². The Bertz CT molecular complexity index is 694. The Labute approximate surface area is 152 Å². The summed E-state index contributed by atoms with van der Waals surface area (Å²) in [5.74, 6) is -1.96. The zero-order valence-corrected chi connectivity index (χ0v) is 15.6. The van der Waals surface area contributed by atoms with Crippen LogP contribution < -0.4 is 16.0 Å². The average Bonchev–Trinajstić information content (AvgIpc) is 2.51. The second-order valence-electron chi connectivity index (χ2n) is 6.82. The van der Waals surface area contributed by atoms with E-state index in [0.717, 1.165) is 5.56 Å². The standard InChI is InChI=1S/C18H25N3O5/c1-11-8-6-7-9-13(11)16(24)19-10-14(22)26-12(2)15(23)20-17(25)21-18(3,4)5/h6-9,12H,10H2,1-5H3,(H,19,24)(H2,20,21,23,25). The van der Waals surface area contributed by atoms with Gasteiger partial charge in [0.05, 0.1) is 0 Å². The Balaban J connectivity index is 2.44. The van der Waals surface area contributed by atoms with Crippen LogP contribution in [-0.4, -0.2) is 42.0 Å². The Morgan fingerprint density at radius 3 is 2.31 bits per heavy atom. The molecule has 0 heterocycles. The fourth-order valence-electron chi connectivity index (χ4n) is 1.95. The third-order valence-electron chi connectivity index (χ3n) is 3.19. The summed E-state index contributed by atoms with van der Waals surface area (Å²) in [6, 6.07) is 6.26. The molecule has 0 aromatic heterocycles. The molecule has 142 valence electrons. The summed E-state index contributed by atoms with van der Waals surface area (Å²) in [6.45, 7) is 8.01. The summed E-state index contributed by atoms with van der Waals surface area (Å²) >= 11 is 0. The van der Waals surface area contributed by atoms with E-state index >= 15 is 0 Å². The smallest absolute Gasteiger partial charge is 0.326 e. The third-order valence-corrected chi connectivity index (χ3v) is 3.19. The van der Waals surface area contributed by atoms with Gasteiger partial charge in [0.1, 0.15) is 6.54 Å². The number of carbonyl (C=O) groups excluding carboxylic acids is 4. The lowest BCUT2D eigenvalue weighted by molar-refractivity contribution is -0.153. The van der Waals surface area contributed by atoms with Crippen LogP contribution >= 0.6 is 0 Å². The van der Waals surface area contributed by atoms with Gasteiger partial charge in [-0.15, -0.1) is 0 Å². The van der Waals surface area contributed by atoms with Gasteiger partial charge in [-0.25, -0.2) is 4.79 Å². The molecule has 1 rings (SSSR count). The van der Waals surface area contributed by atoms with Crippen molar-refractivity contribution in [1.82, 2.24) is 16.0 Å². The third kappa shape index (κ3) is 7.33. The van der Waals surface area contributed by atoms with Gasteiger partial charge in [-0.1, -0.05) is 18.2 Å². The number of carbonyl (C=O) groups is 4. The van der Waals surface area contributed by atoms with Gasteiger partial charge in [-0.05, 0) is 46.2 Å². The first-order chi connectivity index (χ1) is 12.0. The molecule has 0 aliphatic heterocycles. The van der Waals surface area contributed by atoms with Gasteiger partial charge in [0.15, 0.2) is 6.10 Å². The van der Waals surface area contributed by atoms with Crippen molar-refractivity contribution in [2.24, 2.45) is 0 Å². The number of nitrogens with one attached hydrogen (secondary N) is 3. The van der Waals surface area contributed by atoms with Crippen LogP contribution in [0, 0.1) is 6.92 Å². The molecule has 3 N–H and O–H groups in total. The van der Waals surface area contributed by atoms with Crippen LogP contribution in [0.25, 0.3) is 0 Å². The van der Waals surface area contributed by atoms with Crippen LogP contribution in [0.4, 0.5) is 4.79 Å². The number of aryl methyl sites for hydroxylation is 1. The average molecular weight is 363 g/mol. The molecule has 0 fully saturated rings. The number of hydrogen-bond donors (Lipinski definition) is 3. The first-order valence-electron chi connectivity index (χ1n) is 8.16. The van der Waals surface area contributed by atoms with Crippen LogP contribution in [0.1, 0.15) is 43.6 Å². The fourth-order valence-corrected chi connectivity index (χ4v) is 1.95. The lowest BCUT2D eigenvalue weighted by atomic mass is 10.1. The number of amides is 4. The predicted octanol–water partition coefficient (Wildman–Crippen LogP) is 1.28. The van der Waals surface area contributed by atoms with Crippen molar-refractivity contribution in [3.05, 3.63) is 35.4 Å². The molecule has 0 aliphatic rings. The monoisotopic (exact) mass is 363 g/mol. The molecule has 8 heteroatoms. The van der Waals surface area contributed by atoms with Gasteiger partial charge in [0, 0.05) is 11.1 Å². The summed E-state index contributed by atoms with van der Waals surface area (Å²) in [7, 11) is 0. The second-order valence-corrected chi connectivity index (χ2v) is 6.82. The Kier molecular flexibility index (Phi) is 7.30. The van der Waals surface area contributed by atoms with Crippen molar-refractivity contribution in [1.29, 1.82) is 0 Å². The van der Waals surface area contributed by atoms with Crippen LogP contribution in [0.3, 0.4) is 0 Å². The quantitative estimate of drug-likeness (QED) is 0.682. The van der Waals surface area contributed by atoms with Crippen LogP contribution in [0.5, 0.6) is 0 Å². The van der Waals surface area contributed by atoms with E-state index in [9.17, 15) is 19.2 Å². The van der Waals surface area contributed by atoms with Gasteiger partial charge in [-0.3, -0.25) is 19.7 Å². The molecule has 0 bridgehead atoms. The lowest BCUT2D eigenvalue weighted by Gasteiger charge is -2.21. The highest BCUT2D eigenvalue weighted by Crippen LogP contribution is 2.06. The summed E-state index contributed by atoms with van der Waals surface area (Å²) in [5, 5.41) is 7.07. The van der Waals surface area contributed by atoms with E-state index in [2.05, 4.69) is 16.0 Å². The molecule has 0 spiro atoms. The molecule has 0 saturated heterocycles. The Morgan fingerprint density at radius 2 is 1.73 bits per heavy atom. The molecule has 1 aromatic carbocycles. The maximum atomic E-state index is 12.0. The zero-order chi connectivity index (χ0) is 19.9. The van der Waals surface area contributed by atoms with Gasteiger partial charge in [0.25, 0.3) is 11.8 Å². The number of rotatable bonds is 5. The molecule has 4 amide bonds. The maximum Gasteiger partial charge on any atom is 0.326 e. The number of imide groups is 1. The minimum absolute atomic E-state index is 0.390. The normalized spacial score (nSPS) is 11.9. The second kappa shape index (κ2) is 8.98. The molecule has 1 atom stereocenters. The molecule has 1 unspecified atom stereocenters. The minimum atomic E-state index is -1.18. The first kappa shape index (κ1) is 21.1. The van der Waals surface area contributed by atoms with E-state index in [1.807, 2.05) is 0 Å². The van der Waals surface area contributed by atoms with Crippen molar-refractivity contribution in [3.8, 4) is 0 Å². The highest BCUT2D eigenvalue weighted by atomic mass is 16.5. The highest BCUT2D eigenvalue weighted by Gasteiger charge is 2.22. The van der Waals surface area contributed by atoms with Gasteiger partial charge < -0.3 is 15.4 Å². The first-order valence-corrected chi connectivity index (χ1v) is 8.16. The van der Waals surface area contributed by atoms with E-state index in [0.29, 0.717) is 5.56 Å². The Morgan fingerprint density at radius 1 is 1.12 bits per heavy atom. The summed E-state index contributed by atoms with van der Waals surface area (Å²) in [6.07, 6.45) is -1.18. The molecule has 26 heavy (non-hydrogen) atoms. The van der Waals surface area contributed by atoms with Gasteiger partial charge in [0.2, 0.25) is 0 Å². The topological polar surface area (TPSA) is 114 Å². The summed E-state index contributed by atoms with van der Waals surface area (Å²) in [4.78, 5) is 47.3. The van der Waals surface area contributed by atoms with Gasteiger partial charge >= 0.3 is 12.0 Å². The van der Waals surface area contributed by atoms with Crippen LogP contribution in [0.15, 0.2) is 24.3 Å². The van der Waals surface area contributed by atoms with Crippen LogP contribution in [-0.2, 0) is 14.3 Å². The zero-order valence-electron chi connectivity index (χ0n) is 15.6. The van der Waals surface area contributed by atoms with Crippen molar-refractivity contribution in [2.75, 3.05) is 6.54 Å². The lowest BCUT2D eigenvalue weighted by Crippen LogP contribution is -2.50. The summed E-state index contributed by atoms with van der Waals surface area (Å²) < 4.78 is 4.91. The molecule has 0 aliphatic carbocycles. The molecular weight excluding hydrogens is 338 g/mol. The SMILES string of the molecule is Cc1ccccc1C(=O)NCC(=O)OC(C)C(=O)NC(=O)NC(C)(C)C. The highest BCUT2D eigenvalue weighted by molar-refractivity contribution is 5.98. The Hall–Kier alpha value is -2.90. The molecular formula is C18H25N3O5. The van der Waals surface area contributed by atoms with Crippen molar-refractivity contribution in [2.45, 2.75) is 46.3 Å². The predicted molar refractivity (Wildman–Crippen MR) is 95.5 cm³/mol. The van der Waals surface area contributed by atoms with Gasteiger partial charge in [-0.2, -0.15) is 0 Å². The van der Waals surface area contributed by atoms with E-state index in [1.165, 1.54) is 6.92 Å². The number of hydrogen-bond acceptors (Lipinski definition) is 5. The number of urea groups is 1. The number of esters is 1. The number of benzene rings is 1. The summed E-state index contributed by atoms with van der Waals surface area (Å²) in [5.41, 5.74) is 0.713.